The summed E-state index contributed by atoms with van der Waals surface area (Å²) >= 11 is 6.37. The van der Waals surface area contributed by atoms with Crippen molar-refractivity contribution in [2.24, 2.45) is 0 Å². The van der Waals surface area contributed by atoms with Crippen molar-refractivity contribution in [1.29, 1.82) is 0 Å². The second-order valence-corrected chi connectivity index (χ2v) is 9.51. The molecule has 2 heterocycles. The fourth-order valence-electron chi connectivity index (χ4n) is 4.66. The number of nitrogens with one attached hydrogen (secondary N) is 1. The Hall–Kier alpha value is -3.91. The van der Waals surface area contributed by atoms with Crippen LogP contribution in [-0.4, -0.2) is 28.9 Å². The number of fused-ring (bicyclic) bond motifs is 1. The summed E-state index contributed by atoms with van der Waals surface area (Å²) in [4.78, 5) is 31.0. The molecule has 9 heteroatoms. The van der Waals surface area contributed by atoms with Gasteiger partial charge in [0.05, 0.1) is 15.6 Å². The second kappa shape index (κ2) is 9.62. The van der Waals surface area contributed by atoms with Crippen LogP contribution < -0.4 is 10.2 Å². The SMILES string of the molecule is Cc1cc(C)c2oc(-c3ccc(Cl)c(NC(=O)c4ccc(N5CCCCC5)c([N+](=O)[O-])c4)c3)nc2c1. The molecule has 0 unspecified atom stereocenters. The van der Waals surface area contributed by atoms with Crippen molar-refractivity contribution in [3.8, 4) is 11.5 Å². The molecule has 0 saturated carbocycles. The molecule has 0 aliphatic carbocycles. The van der Waals surface area contributed by atoms with E-state index in [0.717, 1.165) is 49.0 Å². The van der Waals surface area contributed by atoms with E-state index in [2.05, 4.69) is 10.3 Å². The molecule has 1 fully saturated rings. The molecule has 0 atom stereocenters. The van der Waals surface area contributed by atoms with E-state index in [1.807, 2.05) is 30.9 Å². The lowest BCUT2D eigenvalue weighted by molar-refractivity contribution is -0.384. The van der Waals surface area contributed by atoms with Gasteiger partial charge in [-0.3, -0.25) is 14.9 Å². The Morgan fingerprint density at radius 3 is 2.61 bits per heavy atom. The van der Waals surface area contributed by atoms with Gasteiger partial charge < -0.3 is 14.6 Å². The number of halogens is 1. The third kappa shape index (κ3) is 4.64. The first-order valence-electron chi connectivity index (χ1n) is 11.8. The number of nitrogens with zero attached hydrogens (tertiary/aromatic N) is 3. The van der Waals surface area contributed by atoms with Gasteiger partial charge in [0.15, 0.2) is 5.58 Å². The Morgan fingerprint density at radius 2 is 1.86 bits per heavy atom. The number of rotatable bonds is 5. The minimum atomic E-state index is -0.494. The van der Waals surface area contributed by atoms with E-state index in [-0.39, 0.29) is 11.3 Å². The van der Waals surface area contributed by atoms with Gasteiger partial charge in [-0.25, -0.2) is 4.98 Å². The number of oxazole rings is 1. The van der Waals surface area contributed by atoms with Crippen molar-refractivity contribution in [2.45, 2.75) is 33.1 Å². The Balaban J connectivity index is 1.43. The van der Waals surface area contributed by atoms with Crippen molar-refractivity contribution in [3.05, 3.63) is 80.4 Å². The van der Waals surface area contributed by atoms with Crippen LogP contribution in [0.1, 0.15) is 40.7 Å². The zero-order chi connectivity index (χ0) is 25.4. The van der Waals surface area contributed by atoms with E-state index in [1.165, 1.54) is 6.07 Å². The van der Waals surface area contributed by atoms with Crippen LogP contribution >= 0.6 is 11.6 Å². The highest BCUT2D eigenvalue weighted by molar-refractivity contribution is 6.34. The normalized spacial score (nSPS) is 13.7. The summed E-state index contributed by atoms with van der Waals surface area (Å²) in [6.07, 6.45) is 3.11. The standard InChI is InChI=1S/C27H25ClN4O4/c1-16-12-17(2)25-22(13-16)30-27(36-25)19-6-8-20(28)21(14-19)29-26(33)18-7-9-23(24(15-18)32(34)35)31-10-4-3-5-11-31/h6-9,12-15H,3-5,10-11H2,1-2H3,(H,29,33). The summed E-state index contributed by atoms with van der Waals surface area (Å²) in [7, 11) is 0. The third-order valence-corrected chi connectivity index (χ3v) is 6.74. The van der Waals surface area contributed by atoms with Gasteiger partial charge >= 0.3 is 0 Å². The number of carbonyl (C=O) groups is 1. The van der Waals surface area contributed by atoms with E-state index in [1.54, 1.807) is 30.3 Å². The summed E-state index contributed by atoms with van der Waals surface area (Å²) in [5.74, 6) is -0.0845. The highest BCUT2D eigenvalue weighted by atomic mass is 35.5. The molecule has 36 heavy (non-hydrogen) atoms. The van der Waals surface area contributed by atoms with E-state index < -0.39 is 10.8 Å². The number of benzene rings is 3. The molecule has 1 aromatic heterocycles. The van der Waals surface area contributed by atoms with Crippen molar-refractivity contribution in [1.82, 2.24) is 4.98 Å². The van der Waals surface area contributed by atoms with Crippen LogP contribution in [0.4, 0.5) is 17.1 Å². The number of hydrogen-bond acceptors (Lipinski definition) is 6. The molecule has 5 rings (SSSR count). The summed E-state index contributed by atoms with van der Waals surface area (Å²) in [6, 6.07) is 13.7. The molecule has 0 spiro atoms. The van der Waals surface area contributed by atoms with Gasteiger partial charge in [-0.05, 0) is 80.6 Å². The first-order chi connectivity index (χ1) is 17.3. The minimum Gasteiger partial charge on any atom is -0.436 e. The van der Waals surface area contributed by atoms with E-state index in [9.17, 15) is 14.9 Å². The Labute approximate surface area is 213 Å². The summed E-state index contributed by atoms with van der Waals surface area (Å²) in [6.45, 7) is 5.50. The van der Waals surface area contributed by atoms with Crippen molar-refractivity contribution in [2.75, 3.05) is 23.3 Å². The predicted octanol–water partition coefficient (Wildman–Crippen LogP) is 6.92. The van der Waals surface area contributed by atoms with Crippen LogP contribution in [0.25, 0.3) is 22.6 Å². The largest absolute Gasteiger partial charge is 0.436 e. The molecular formula is C27H25ClN4O4. The van der Waals surface area contributed by atoms with Crippen LogP contribution in [0, 0.1) is 24.0 Å². The molecule has 1 aliphatic rings. The Morgan fingerprint density at radius 1 is 1.08 bits per heavy atom. The number of nitro benzene ring substituents is 1. The molecule has 184 valence electrons. The summed E-state index contributed by atoms with van der Waals surface area (Å²) < 4.78 is 5.99. The first kappa shape index (κ1) is 23.8. The highest BCUT2D eigenvalue weighted by Gasteiger charge is 2.23. The number of aromatic nitrogens is 1. The van der Waals surface area contributed by atoms with Crippen LogP contribution in [0.15, 0.2) is 52.9 Å². The Bertz CT molecular complexity index is 1490. The van der Waals surface area contributed by atoms with Gasteiger partial charge in [-0.1, -0.05) is 17.7 Å². The molecule has 1 aliphatic heterocycles. The summed E-state index contributed by atoms with van der Waals surface area (Å²) in [5, 5.41) is 14.9. The molecule has 3 aromatic carbocycles. The molecule has 0 radical (unpaired) electrons. The smallest absolute Gasteiger partial charge is 0.293 e. The number of hydrogen-bond donors (Lipinski definition) is 1. The van der Waals surface area contributed by atoms with Crippen LogP contribution in [0.5, 0.6) is 0 Å². The molecule has 1 amide bonds. The van der Waals surface area contributed by atoms with Gasteiger partial charge in [0.1, 0.15) is 11.2 Å². The molecular weight excluding hydrogens is 480 g/mol. The molecule has 0 bridgehead atoms. The lowest BCUT2D eigenvalue weighted by Crippen LogP contribution is -2.30. The van der Waals surface area contributed by atoms with Crippen LogP contribution in [0.2, 0.25) is 5.02 Å². The fourth-order valence-corrected chi connectivity index (χ4v) is 4.83. The number of carbonyl (C=O) groups excluding carboxylic acids is 1. The average Bonchev–Trinajstić information content (AvgIpc) is 3.30. The highest BCUT2D eigenvalue weighted by Crippen LogP contribution is 2.34. The monoisotopic (exact) mass is 504 g/mol. The van der Waals surface area contributed by atoms with E-state index in [0.29, 0.717) is 33.4 Å². The number of amides is 1. The number of nitro groups is 1. The number of piperidine rings is 1. The Kier molecular flexibility index (Phi) is 6.36. The first-order valence-corrected chi connectivity index (χ1v) is 12.2. The van der Waals surface area contributed by atoms with Gasteiger partial charge in [0, 0.05) is 30.3 Å². The van der Waals surface area contributed by atoms with Crippen LogP contribution in [-0.2, 0) is 0 Å². The summed E-state index contributed by atoms with van der Waals surface area (Å²) in [5.41, 5.74) is 5.18. The van der Waals surface area contributed by atoms with Crippen molar-refractivity contribution in [3.63, 3.8) is 0 Å². The molecule has 1 N–H and O–H groups in total. The maximum absolute atomic E-state index is 13.1. The lowest BCUT2D eigenvalue weighted by atomic mass is 10.1. The van der Waals surface area contributed by atoms with E-state index in [4.69, 9.17) is 16.0 Å². The van der Waals surface area contributed by atoms with Gasteiger partial charge in [-0.2, -0.15) is 0 Å². The zero-order valence-electron chi connectivity index (χ0n) is 20.0. The fraction of sp³-hybridized carbons (Fsp3) is 0.259. The van der Waals surface area contributed by atoms with Crippen LogP contribution in [0.3, 0.4) is 0 Å². The minimum absolute atomic E-state index is 0.0819. The average molecular weight is 505 g/mol. The van der Waals surface area contributed by atoms with Gasteiger partial charge in [0.25, 0.3) is 11.6 Å². The third-order valence-electron chi connectivity index (χ3n) is 6.41. The second-order valence-electron chi connectivity index (χ2n) is 9.11. The predicted molar refractivity (Wildman–Crippen MR) is 141 cm³/mol. The maximum Gasteiger partial charge on any atom is 0.293 e. The zero-order valence-corrected chi connectivity index (χ0v) is 20.8. The molecule has 4 aromatic rings. The van der Waals surface area contributed by atoms with E-state index >= 15 is 0 Å². The topological polar surface area (TPSA) is 102 Å². The van der Waals surface area contributed by atoms with Crippen molar-refractivity contribution < 1.29 is 14.1 Å². The lowest BCUT2D eigenvalue weighted by Gasteiger charge is -2.28. The quantitative estimate of drug-likeness (QED) is 0.234. The molecule has 1 saturated heterocycles. The number of anilines is 2. The van der Waals surface area contributed by atoms with Gasteiger partial charge in [-0.15, -0.1) is 0 Å². The maximum atomic E-state index is 13.1. The molecule has 8 nitrogen and oxygen atoms in total. The van der Waals surface area contributed by atoms with Gasteiger partial charge in [0.2, 0.25) is 5.89 Å². The number of aryl methyl sites for hydroxylation is 2. The van der Waals surface area contributed by atoms with Crippen molar-refractivity contribution >= 4 is 45.7 Å².